The Morgan fingerprint density at radius 3 is 2.58 bits per heavy atom. The first kappa shape index (κ1) is 18.0. The zero-order valence-corrected chi connectivity index (χ0v) is 15.2. The van der Waals surface area contributed by atoms with Crippen molar-refractivity contribution in [1.29, 1.82) is 0 Å². The summed E-state index contributed by atoms with van der Waals surface area (Å²) < 4.78 is 32.4. The fourth-order valence-electron chi connectivity index (χ4n) is 2.51. The number of hydrogen-bond donors (Lipinski definition) is 1. The quantitative estimate of drug-likeness (QED) is 0.827. The molecule has 1 N–H and O–H groups in total. The molecule has 9 heteroatoms. The average molecular weight is 373 g/mol. The minimum atomic E-state index is -3.72. The Kier molecular flexibility index (Phi) is 5.29. The summed E-state index contributed by atoms with van der Waals surface area (Å²) >= 11 is 0. The standard InChI is InChI=1S/C17H19N5O3S/c1-22-16(25-2)14(12-20-22)7-4-13-5-8-15(9-6-13)26(23,24)21-17-18-10-3-11-19-17/h3,5-12,16H,4H2,1-2H3,(H,18,19,21)/b14-7+. The number of nitrogens with zero attached hydrogens (tertiary/aromatic N) is 4. The highest BCUT2D eigenvalue weighted by Crippen LogP contribution is 2.18. The van der Waals surface area contributed by atoms with Crippen molar-refractivity contribution < 1.29 is 13.2 Å². The SMILES string of the molecule is COC1/C(=C/Cc2ccc(S(=O)(=O)Nc3ncccn3)cc2)C=NN1C. The number of benzene rings is 1. The highest BCUT2D eigenvalue weighted by Gasteiger charge is 2.21. The van der Waals surface area contributed by atoms with Crippen molar-refractivity contribution in [1.82, 2.24) is 15.0 Å². The Morgan fingerprint density at radius 1 is 1.23 bits per heavy atom. The van der Waals surface area contributed by atoms with Crippen LogP contribution in [0.15, 0.2) is 64.4 Å². The van der Waals surface area contributed by atoms with Gasteiger partial charge < -0.3 is 4.74 Å². The molecule has 136 valence electrons. The number of sulfonamides is 1. The van der Waals surface area contributed by atoms with E-state index in [1.807, 2.05) is 13.1 Å². The summed E-state index contributed by atoms with van der Waals surface area (Å²) in [5.41, 5.74) is 1.94. The van der Waals surface area contributed by atoms with E-state index in [0.717, 1.165) is 11.1 Å². The number of likely N-dealkylation sites (N-methyl/N-ethyl adjacent to an activating group) is 1. The van der Waals surface area contributed by atoms with Crippen LogP contribution in [0.4, 0.5) is 5.95 Å². The number of aromatic nitrogens is 2. The van der Waals surface area contributed by atoms with E-state index in [-0.39, 0.29) is 17.1 Å². The summed E-state index contributed by atoms with van der Waals surface area (Å²) in [5, 5.41) is 5.92. The van der Waals surface area contributed by atoms with Crippen molar-refractivity contribution >= 4 is 22.2 Å². The van der Waals surface area contributed by atoms with E-state index in [9.17, 15) is 8.42 Å². The molecule has 1 aliphatic heterocycles. The van der Waals surface area contributed by atoms with Crippen molar-refractivity contribution in [3.05, 3.63) is 59.9 Å². The lowest BCUT2D eigenvalue weighted by molar-refractivity contribution is 0.0244. The molecule has 2 heterocycles. The maximum absolute atomic E-state index is 12.4. The van der Waals surface area contributed by atoms with Gasteiger partial charge in [-0.3, -0.25) is 5.01 Å². The molecular weight excluding hydrogens is 354 g/mol. The Labute approximate surface area is 152 Å². The van der Waals surface area contributed by atoms with Crippen molar-refractivity contribution in [2.24, 2.45) is 5.10 Å². The summed E-state index contributed by atoms with van der Waals surface area (Å²) in [5.74, 6) is 0.0385. The van der Waals surface area contributed by atoms with Crippen molar-refractivity contribution in [3.63, 3.8) is 0 Å². The van der Waals surface area contributed by atoms with Crippen LogP contribution in [0, 0.1) is 0 Å². The third-order valence-corrected chi connectivity index (χ3v) is 5.18. The summed E-state index contributed by atoms with van der Waals surface area (Å²) in [4.78, 5) is 7.88. The van der Waals surface area contributed by atoms with Crippen LogP contribution in [0.2, 0.25) is 0 Å². The van der Waals surface area contributed by atoms with Gasteiger partial charge in [0.25, 0.3) is 10.0 Å². The predicted octanol–water partition coefficient (Wildman–Crippen LogP) is 1.65. The highest BCUT2D eigenvalue weighted by atomic mass is 32.2. The lowest BCUT2D eigenvalue weighted by atomic mass is 10.1. The summed E-state index contributed by atoms with van der Waals surface area (Å²) in [6.45, 7) is 0. The second-order valence-electron chi connectivity index (χ2n) is 5.64. The lowest BCUT2D eigenvalue weighted by Gasteiger charge is -2.18. The molecule has 1 atom stereocenters. The van der Waals surface area contributed by atoms with Crippen molar-refractivity contribution in [2.75, 3.05) is 18.9 Å². The van der Waals surface area contributed by atoms with Gasteiger partial charge in [0.2, 0.25) is 5.95 Å². The largest absolute Gasteiger partial charge is 0.356 e. The second-order valence-corrected chi connectivity index (χ2v) is 7.32. The molecular formula is C17H19N5O3S. The van der Waals surface area contributed by atoms with Crippen LogP contribution in [0.25, 0.3) is 0 Å². The molecule has 0 saturated carbocycles. The molecule has 26 heavy (non-hydrogen) atoms. The third kappa shape index (κ3) is 4.06. The minimum Gasteiger partial charge on any atom is -0.356 e. The van der Waals surface area contributed by atoms with E-state index in [4.69, 9.17) is 4.74 Å². The molecule has 0 bridgehead atoms. The van der Waals surface area contributed by atoms with Crippen LogP contribution < -0.4 is 4.72 Å². The Balaban J connectivity index is 1.70. The Hall–Kier alpha value is -2.78. The zero-order chi connectivity index (χ0) is 18.6. The first-order valence-electron chi connectivity index (χ1n) is 7.88. The topological polar surface area (TPSA) is 96.8 Å². The van der Waals surface area contributed by atoms with Crippen LogP contribution in [-0.2, 0) is 21.2 Å². The van der Waals surface area contributed by atoms with E-state index >= 15 is 0 Å². The maximum atomic E-state index is 12.4. The average Bonchev–Trinajstić information content (AvgIpc) is 3.00. The molecule has 1 aliphatic rings. The summed E-state index contributed by atoms with van der Waals surface area (Å²) in [6.07, 6.45) is 7.17. The molecule has 8 nitrogen and oxygen atoms in total. The number of rotatable bonds is 6. The smallest absolute Gasteiger partial charge is 0.264 e. The number of hydrogen-bond acceptors (Lipinski definition) is 7. The van der Waals surface area contributed by atoms with Gasteiger partial charge in [-0.1, -0.05) is 18.2 Å². The summed E-state index contributed by atoms with van der Waals surface area (Å²) in [6, 6.07) is 8.27. The van der Waals surface area contributed by atoms with E-state index in [0.29, 0.717) is 6.42 Å². The van der Waals surface area contributed by atoms with Crippen LogP contribution in [0.1, 0.15) is 5.56 Å². The second kappa shape index (κ2) is 7.63. The van der Waals surface area contributed by atoms with E-state index in [2.05, 4.69) is 19.8 Å². The van der Waals surface area contributed by atoms with Gasteiger partial charge in [-0.2, -0.15) is 5.10 Å². The Morgan fingerprint density at radius 2 is 1.92 bits per heavy atom. The van der Waals surface area contributed by atoms with Crippen molar-refractivity contribution in [2.45, 2.75) is 17.5 Å². The first-order chi connectivity index (χ1) is 12.5. The van der Waals surface area contributed by atoms with Crippen LogP contribution in [0.3, 0.4) is 0 Å². The molecule has 0 fully saturated rings. The molecule has 0 amide bonds. The van der Waals surface area contributed by atoms with Gasteiger partial charge >= 0.3 is 0 Å². The zero-order valence-electron chi connectivity index (χ0n) is 14.4. The minimum absolute atomic E-state index is 0.0385. The first-order valence-corrected chi connectivity index (χ1v) is 9.36. The van der Waals surface area contributed by atoms with E-state index in [1.54, 1.807) is 48.7 Å². The maximum Gasteiger partial charge on any atom is 0.264 e. The normalized spacial score (nSPS) is 18.5. The van der Waals surface area contributed by atoms with Crippen LogP contribution in [-0.4, -0.2) is 50.0 Å². The number of allylic oxidation sites excluding steroid dienone is 1. The van der Waals surface area contributed by atoms with Crippen LogP contribution in [0.5, 0.6) is 0 Å². The fourth-order valence-corrected chi connectivity index (χ4v) is 3.47. The summed E-state index contributed by atoms with van der Waals surface area (Å²) in [7, 11) is -0.245. The molecule has 0 radical (unpaired) electrons. The molecule has 0 spiro atoms. The monoisotopic (exact) mass is 373 g/mol. The van der Waals surface area contributed by atoms with Crippen LogP contribution >= 0.6 is 0 Å². The predicted molar refractivity (Wildman–Crippen MR) is 98.1 cm³/mol. The van der Waals surface area contributed by atoms with E-state index in [1.165, 1.54) is 12.4 Å². The molecule has 0 saturated heterocycles. The van der Waals surface area contributed by atoms with Crippen molar-refractivity contribution in [3.8, 4) is 0 Å². The molecule has 2 aromatic rings. The van der Waals surface area contributed by atoms with Gasteiger partial charge in [0.15, 0.2) is 6.23 Å². The number of nitrogens with one attached hydrogen (secondary N) is 1. The molecule has 1 unspecified atom stereocenters. The fraction of sp³-hybridized carbons (Fsp3) is 0.235. The number of hydrazone groups is 1. The van der Waals surface area contributed by atoms with Gasteiger partial charge in [-0.05, 0) is 30.2 Å². The number of methoxy groups -OCH3 is 1. The molecule has 3 rings (SSSR count). The highest BCUT2D eigenvalue weighted by molar-refractivity contribution is 7.92. The van der Waals surface area contributed by atoms with Gasteiger partial charge in [-0.15, -0.1) is 0 Å². The molecule has 1 aromatic heterocycles. The Bertz CT molecular complexity index is 911. The van der Waals surface area contributed by atoms with E-state index < -0.39 is 10.0 Å². The molecule has 1 aromatic carbocycles. The van der Waals surface area contributed by atoms with Gasteiger partial charge in [-0.25, -0.2) is 23.1 Å². The third-order valence-electron chi connectivity index (χ3n) is 3.84. The number of ether oxygens (including phenoxy) is 1. The van der Waals surface area contributed by atoms with Gasteiger partial charge in [0.1, 0.15) is 0 Å². The van der Waals surface area contributed by atoms with Gasteiger partial charge in [0.05, 0.1) is 11.1 Å². The lowest BCUT2D eigenvalue weighted by Crippen LogP contribution is -2.25. The van der Waals surface area contributed by atoms with Gasteiger partial charge in [0, 0.05) is 32.1 Å². The molecule has 0 aliphatic carbocycles. The number of anilines is 1.